The zero-order valence-electron chi connectivity index (χ0n) is 9.08. The number of rotatable bonds is 2. The minimum atomic E-state index is -4.64. The first kappa shape index (κ1) is 12.0. The molecule has 0 saturated carbocycles. The number of hydrogen-bond donors (Lipinski definition) is 0. The van der Waals surface area contributed by atoms with Crippen LogP contribution in [0, 0.1) is 6.92 Å². The van der Waals surface area contributed by atoms with Gasteiger partial charge < -0.3 is 9.47 Å². The number of benzene rings is 1. The predicted molar refractivity (Wildman–Crippen MR) is 53.1 cm³/mol. The van der Waals surface area contributed by atoms with E-state index in [2.05, 4.69) is 4.74 Å². The summed E-state index contributed by atoms with van der Waals surface area (Å²) in [6, 6.07) is 5.25. The Balaban J connectivity index is 1.97. The molecule has 6 heteroatoms. The Hall–Kier alpha value is -1.43. The van der Waals surface area contributed by atoms with Gasteiger partial charge in [0.2, 0.25) is 0 Å². The molecule has 1 heterocycles. The number of ether oxygens (including phenoxy) is 3. The van der Waals surface area contributed by atoms with Crippen LogP contribution in [0.2, 0.25) is 0 Å². The van der Waals surface area contributed by atoms with Crippen LogP contribution in [0.1, 0.15) is 5.56 Å². The first-order valence-corrected chi connectivity index (χ1v) is 5.05. The summed E-state index contributed by atoms with van der Waals surface area (Å²) in [5.74, 6) is 0.992. The number of aryl methyl sites for hydroxylation is 1. The summed E-state index contributed by atoms with van der Waals surface area (Å²) < 4.78 is 49.9. The van der Waals surface area contributed by atoms with Crippen LogP contribution in [0.3, 0.4) is 0 Å². The average Bonchev–Trinajstić information content (AvgIpc) is 2.25. The summed E-state index contributed by atoms with van der Waals surface area (Å²) in [6.45, 7) is 1.37. The van der Waals surface area contributed by atoms with Gasteiger partial charge in [-0.2, -0.15) is 0 Å². The summed E-state index contributed by atoms with van der Waals surface area (Å²) in [5.41, 5.74) is 0.998. The molecule has 1 aromatic rings. The molecule has 0 aromatic heterocycles. The summed E-state index contributed by atoms with van der Waals surface area (Å²) in [5, 5.41) is 0. The van der Waals surface area contributed by atoms with Gasteiger partial charge in [-0.25, -0.2) is 0 Å². The van der Waals surface area contributed by atoms with E-state index in [0.717, 1.165) is 5.56 Å². The highest BCUT2D eigenvalue weighted by molar-refractivity contribution is 5.43. The highest BCUT2D eigenvalue weighted by Gasteiger charge is 2.32. The van der Waals surface area contributed by atoms with Crippen molar-refractivity contribution in [1.82, 2.24) is 0 Å². The SMILES string of the molecule is Cc1ccc2c(c1)OCC(COC(F)(F)F)O2. The van der Waals surface area contributed by atoms with Crippen molar-refractivity contribution in [3.63, 3.8) is 0 Å². The van der Waals surface area contributed by atoms with Crippen LogP contribution < -0.4 is 9.47 Å². The van der Waals surface area contributed by atoms with E-state index >= 15 is 0 Å². The molecule has 0 radical (unpaired) electrons. The monoisotopic (exact) mass is 248 g/mol. The molecule has 1 atom stereocenters. The van der Waals surface area contributed by atoms with Crippen LogP contribution in [-0.4, -0.2) is 25.7 Å². The lowest BCUT2D eigenvalue weighted by Gasteiger charge is -2.26. The van der Waals surface area contributed by atoms with E-state index in [1.54, 1.807) is 18.2 Å². The maximum Gasteiger partial charge on any atom is 0.522 e. The topological polar surface area (TPSA) is 27.7 Å². The van der Waals surface area contributed by atoms with Crippen LogP contribution in [0.5, 0.6) is 11.5 Å². The molecule has 0 fully saturated rings. The lowest BCUT2D eigenvalue weighted by molar-refractivity contribution is -0.330. The number of hydrogen-bond acceptors (Lipinski definition) is 3. The van der Waals surface area contributed by atoms with Gasteiger partial charge in [-0.05, 0) is 24.6 Å². The molecule has 94 valence electrons. The Morgan fingerprint density at radius 3 is 2.82 bits per heavy atom. The second-order valence-corrected chi connectivity index (χ2v) is 3.76. The van der Waals surface area contributed by atoms with Crippen molar-refractivity contribution < 1.29 is 27.4 Å². The Labute approximate surface area is 96.1 Å². The van der Waals surface area contributed by atoms with Crippen molar-refractivity contribution in [2.45, 2.75) is 19.4 Å². The quantitative estimate of drug-likeness (QED) is 0.805. The van der Waals surface area contributed by atoms with Crippen molar-refractivity contribution in [3.8, 4) is 11.5 Å². The maximum atomic E-state index is 11.8. The van der Waals surface area contributed by atoms with Crippen LogP contribution >= 0.6 is 0 Å². The first-order valence-electron chi connectivity index (χ1n) is 5.05. The summed E-state index contributed by atoms with van der Waals surface area (Å²) in [4.78, 5) is 0. The fourth-order valence-corrected chi connectivity index (χ4v) is 1.49. The van der Waals surface area contributed by atoms with Gasteiger partial charge in [0.15, 0.2) is 17.6 Å². The summed E-state index contributed by atoms with van der Waals surface area (Å²) in [6.07, 6.45) is -5.39. The van der Waals surface area contributed by atoms with Gasteiger partial charge >= 0.3 is 6.36 Å². The van der Waals surface area contributed by atoms with Crippen LogP contribution in [0.15, 0.2) is 18.2 Å². The number of halogens is 3. The van der Waals surface area contributed by atoms with Gasteiger partial charge in [0.1, 0.15) is 6.61 Å². The third kappa shape index (κ3) is 3.26. The zero-order chi connectivity index (χ0) is 12.5. The van der Waals surface area contributed by atoms with Gasteiger partial charge in [-0.15, -0.1) is 13.2 Å². The molecule has 1 aromatic carbocycles. The van der Waals surface area contributed by atoms with Gasteiger partial charge in [-0.3, -0.25) is 4.74 Å². The van der Waals surface area contributed by atoms with Crippen molar-refractivity contribution in [2.75, 3.05) is 13.2 Å². The van der Waals surface area contributed by atoms with Crippen molar-refractivity contribution in [2.24, 2.45) is 0 Å². The second kappa shape index (κ2) is 4.44. The van der Waals surface area contributed by atoms with E-state index in [1.807, 2.05) is 6.92 Å². The van der Waals surface area contributed by atoms with Gasteiger partial charge in [0.05, 0.1) is 6.61 Å². The first-order chi connectivity index (χ1) is 7.94. The molecule has 0 amide bonds. The van der Waals surface area contributed by atoms with Crippen molar-refractivity contribution >= 4 is 0 Å². The maximum absolute atomic E-state index is 11.8. The average molecular weight is 248 g/mol. The molecule has 2 rings (SSSR count). The van der Waals surface area contributed by atoms with E-state index in [0.29, 0.717) is 11.5 Å². The number of alkyl halides is 3. The highest BCUT2D eigenvalue weighted by atomic mass is 19.4. The molecule has 3 nitrogen and oxygen atoms in total. The molecule has 0 saturated heterocycles. The fraction of sp³-hybridized carbons (Fsp3) is 0.455. The lowest BCUT2D eigenvalue weighted by atomic mass is 10.2. The molecule has 1 aliphatic rings. The van der Waals surface area contributed by atoms with E-state index < -0.39 is 19.1 Å². The molecular formula is C11H11F3O3. The Bertz CT molecular complexity index is 403. The minimum Gasteiger partial charge on any atom is -0.486 e. The van der Waals surface area contributed by atoms with Crippen LogP contribution in [-0.2, 0) is 4.74 Å². The molecule has 0 aliphatic carbocycles. The molecule has 0 spiro atoms. The van der Waals surface area contributed by atoms with Crippen LogP contribution in [0.4, 0.5) is 13.2 Å². The Morgan fingerprint density at radius 2 is 2.12 bits per heavy atom. The zero-order valence-corrected chi connectivity index (χ0v) is 9.08. The van der Waals surface area contributed by atoms with Crippen molar-refractivity contribution in [3.05, 3.63) is 23.8 Å². The van der Waals surface area contributed by atoms with E-state index in [-0.39, 0.29) is 6.61 Å². The van der Waals surface area contributed by atoms with E-state index in [1.165, 1.54) is 0 Å². The van der Waals surface area contributed by atoms with Gasteiger partial charge in [0, 0.05) is 0 Å². The number of fused-ring (bicyclic) bond motifs is 1. The highest BCUT2D eigenvalue weighted by Crippen LogP contribution is 2.32. The van der Waals surface area contributed by atoms with Gasteiger partial charge in [0.25, 0.3) is 0 Å². The molecule has 1 aliphatic heterocycles. The van der Waals surface area contributed by atoms with Crippen LogP contribution in [0.25, 0.3) is 0 Å². The summed E-state index contributed by atoms with van der Waals surface area (Å²) in [7, 11) is 0. The third-order valence-electron chi connectivity index (χ3n) is 2.25. The fourth-order valence-electron chi connectivity index (χ4n) is 1.49. The third-order valence-corrected chi connectivity index (χ3v) is 2.25. The Morgan fingerprint density at radius 1 is 1.35 bits per heavy atom. The van der Waals surface area contributed by atoms with Gasteiger partial charge in [-0.1, -0.05) is 6.07 Å². The molecule has 17 heavy (non-hydrogen) atoms. The van der Waals surface area contributed by atoms with E-state index in [9.17, 15) is 13.2 Å². The molecular weight excluding hydrogens is 237 g/mol. The largest absolute Gasteiger partial charge is 0.522 e. The predicted octanol–water partition coefficient (Wildman–Crippen LogP) is 2.67. The van der Waals surface area contributed by atoms with Crippen molar-refractivity contribution in [1.29, 1.82) is 0 Å². The molecule has 0 bridgehead atoms. The lowest BCUT2D eigenvalue weighted by Crippen LogP contribution is -2.35. The molecule has 1 unspecified atom stereocenters. The molecule has 0 N–H and O–H groups in total. The normalized spacial score (nSPS) is 19.2. The second-order valence-electron chi connectivity index (χ2n) is 3.76. The minimum absolute atomic E-state index is 0.0481. The van der Waals surface area contributed by atoms with E-state index in [4.69, 9.17) is 9.47 Å². The smallest absolute Gasteiger partial charge is 0.486 e. The summed E-state index contributed by atoms with van der Waals surface area (Å²) >= 11 is 0. The standard InChI is InChI=1S/C11H11F3O3/c1-7-2-3-9-10(4-7)15-5-8(17-9)6-16-11(12,13)14/h2-4,8H,5-6H2,1H3. The Kier molecular flexibility index (Phi) is 3.15.